The van der Waals surface area contributed by atoms with E-state index in [1.54, 1.807) is 6.33 Å². The third kappa shape index (κ3) is 4.51. The highest BCUT2D eigenvalue weighted by molar-refractivity contribution is 5.82. The maximum atomic E-state index is 12.7. The molecule has 1 amide bonds. The molecule has 1 N–H and O–H groups in total. The predicted octanol–water partition coefficient (Wildman–Crippen LogP) is 1.05. The summed E-state index contributed by atoms with van der Waals surface area (Å²) in [6.45, 7) is 13.1. The first-order chi connectivity index (χ1) is 10.9. The molecule has 1 aliphatic rings. The van der Waals surface area contributed by atoms with Crippen LogP contribution in [0.25, 0.3) is 0 Å². The van der Waals surface area contributed by atoms with Crippen molar-refractivity contribution in [1.82, 2.24) is 25.0 Å². The number of carbonyl (C=O) groups excluding carboxylic acids is 1. The maximum absolute atomic E-state index is 12.7. The van der Waals surface area contributed by atoms with Gasteiger partial charge in [-0.15, -0.1) is 10.2 Å². The van der Waals surface area contributed by atoms with Gasteiger partial charge in [0.05, 0.1) is 24.8 Å². The highest BCUT2D eigenvalue weighted by atomic mass is 16.5. The molecule has 7 heteroatoms. The van der Waals surface area contributed by atoms with E-state index < -0.39 is 0 Å². The second kappa shape index (κ2) is 7.88. The number of carbonyl (C=O) groups is 1. The van der Waals surface area contributed by atoms with Crippen molar-refractivity contribution < 1.29 is 9.53 Å². The van der Waals surface area contributed by atoms with Crippen LogP contribution < -0.4 is 5.32 Å². The topological polar surface area (TPSA) is 72.3 Å². The number of nitrogens with zero attached hydrogens (tertiary/aromatic N) is 4. The molecule has 1 aromatic heterocycles. The standard InChI is InChI=1S/C16H29N5O2/c1-6-20-10-18-19-14(20)7-17-16(22)15(11(2)3)21-8-12(4)23-13(5)9-21/h10-13,15H,6-9H2,1-5H3,(H,17,22). The van der Waals surface area contributed by atoms with Gasteiger partial charge in [0.15, 0.2) is 5.82 Å². The molecular weight excluding hydrogens is 294 g/mol. The molecule has 3 atom stereocenters. The third-order valence-corrected chi connectivity index (χ3v) is 4.20. The first-order valence-corrected chi connectivity index (χ1v) is 8.46. The van der Waals surface area contributed by atoms with E-state index in [0.717, 1.165) is 25.5 Å². The van der Waals surface area contributed by atoms with E-state index in [4.69, 9.17) is 4.74 Å². The lowest BCUT2D eigenvalue weighted by atomic mass is 9.99. The first kappa shape index (κ1) is 17.9. The fourth-order valence-electron chi connectivity index (χ4n) is 3.29. The van der Waals surface area contributed by atoms with Gasteiger partial charge in [0.1, 0.15) is 6.33 Å². The van der Waals surface area contributed by atoms with Gasteiger partial charge in [-0.2, -0.15) is 0 Å². The number of morpholine rings is 1. The highest BCUT2D eigenvalue weighted by Crippen LogP contribution is 2.18. The summed E-state index contributed by atoms with van der Waals surface area (Å²) in [7, 11) is 0. The van der Waals surface area contributed by atoms with Gasteiger partial charge in [0.2, 0.25) is 5.91 Å². The molecular formula is C16H29N5O2. The average Bonchev–Trinajstić information content (AvgIpc) is 2.91. The van der Waals surface area contributed by atoms with E-state index in [2.05, 4.69) is 48.1 Å². The summed E-state index contributed by atoms with van der Waals surface area (Å²) in [6, 6.07) is -0.151. The molecule has 0 saturated carbocycles. The number of hydrogen-bond acceptors (Lipinski definition) is 5. The molecule has 1 saturated heterocycles. The van der Waals surface area contributed by atoms with Crippen LogP contribution in [0.2, 0.25) is 0 Å². The summed E-state index contributed by atoms with van der Waals surface area (Å²) >= 11 is 0. The van der Waals surface area contributed by atoms with Crippen LogP contribution in [0.5, 0.6) is 0 Å². The molecule has 2 rings (SSSR count). The maximum Gasteiger partial charge on any atom is 0.238 e. The van der Waals surface area contributed by atoms with Crippen molar-refractivity contribution in [2.24, 2.45) is 5.92 Å². The largest absolute Gasteiger partial charge is 0.373 e. The van der Waals surface area contributed by atoms with E-state index in [0.29, 0.717) is 6.54 Å². The van der Waals surface area contributed by atoms with Gasteiger partial charge < -0.3 is 14.6 Å². The van der Waals surface area contributed by atoms with Crippen LogP contribution in [0.4, 0.5) is 0 Å². The Morgan fingerprint density at radius 2 is 2.04 bits per heavy atom. The summed E-state index contributed by atoms with van der Waals surface area (Å²) < 4.78 is 7.71. The van der Waals surface area contributed by atoms with Crippen molar-refractivity contribution in [1.29, 1.82) is 0 Å². The molecule has 0 aromatic carbocycles. The number of ether oxygens (including phenoxy) is 1. The lowest BCUT2D eigenvalue weighted by molar-refractivity contribution is -0.135. The van der Waals surface area contributed by atoms with Gasteiger partial charge in [-0.1, -0.05) is 13.8 Å². The summed E-state index contributed by atoms with van der Waals surface area (Å²) in [5, 5.41) is 11.0. The van der Waals surface area contributed by atoms with Crippen molar-refractivity contribution in [2.45, 2.75) is 66.0 Å². The van der Waals surface area contributed by atoms with E-state index in [9.17, 15) is 4.79 Å². The number of amides is 1. The Balaban J connectivity index is 2.01. The second-order valence-electron chi connectivity index (χ2n) is 6.65. The van der Waals surface area contributed by atoms with E-state index in [1.165, 1.54) is 0 Å². The normalized spacial score (nSPS) is 23.9. The van der Waals surface area contributed by atoms with Gasteiger partial charge in [0.25, 0.3) is 0 Å². The molecule has 1 fully saturated rings. The van der Waals surface area contributed by atoms with E-state index >= 15 is 0 Å². The molecule has 0 radical (unpaired) electrons. The molecule has 130 valence electrons. The van der Waals surface area contributed by atoms with Crippen molar-refractivity contribution in [2.75, 3.05) is 13.1 Å². The molecule has 7 nitrogen and oxygen atoms in total. The van der Waals surface area contributed by atoms with Crippen molar-refractivity contribution in [3.05, 3.63) is 12.2 Å². The minimum absolute atomic E-state index is 0.0481. The fourth-order valence-corrected chi connectivity index (χ4v) is 3.29. The monoisotopic (exact) mass is 323 g/mol. The molecule has 1 aromatic rings. The summed E-state index contributed by atoms with van der Waals surface area (Å²) in [6.07, 6.45) is 1.99. The van der Waals surface area contributed by atoms with Gasteiger partial charge >= 0.3 is 0 Å². The molecule has 2 heterocycles. The van der Waals surface area contributed by atoms with Crippen LogP contribution in [0.1, 0.15) is 40.4 Å². The number of nitrogens with one attached hydrogen (secondary N) is 1. The van der Waals surface area contributed by atoms with E-state index in [1.807, 2.05) is 11.5 Å². The van der Waals surface area contributed by atoms with Crippen molar-refractivity contribution >= 4 is 5.91 Å². The van der Waals surface area contributed by atoms with Crippen LogP contribution in [-0.2, 0) is 22.6 Å². The average molecular weight is 323 g/mol. The van der Waals surface area contributed by atoms with Crippen LogP contribution >= 0.6 is 0 Å². The minimum atomic E-state index is -0.151. The first-order valence-electron chi connectivity index (χ1n) is 8.46. The molecule has 3 unspecified atom stereocenters. The Morgan fingerprint density at radius 3 is 2.61 bits per heavy atom. The van der Waals surface area contributed by atoms with Gasteiger partial charge in [-0.25, -0.2) is 0 Å². The molecule has 23 heavy (non-hydrogen) atoms. The Kier molecular flexibility index (Phi) is 6.12. The van der Waals surface area contributed by atoms with Crippen LogP contribution in [-0.4, -0.2) is 56.9 Å². The highest BCUT2D eigenvalue weighted by Gasteiger charge is 2.34. The van der Waals surface area contributed by atoms with Crippen molar-refractivity contribution in [3.63, 3.8) is 0 Å². The SMILES string of the molecule is CCn1cnnc1CNC(=O)C(C(C)C)N1CC(C)OC(C)C1. The number of aromatic nitrogens is 3. The zero-order chi connectivity index (χ0) is 17.0. The van der Waals surface area contributed by atoms with Gasteiger partial charge in [0, 0.05) is 19.6 Å². The fraction of sp³-hybridized carbons (Fsp3) is 0.812. The zero-order valence-corrected chi connectivity index (χ0v) is 14.8. The van der Waals surface area contributed by atoms with Crippen LogP contribution in [0.15, 0.2) is 6.33 Å². The Hall–Kier alpha value is -1.47. The lowest BCUT2D eigenvalue weighted by Crippen LogP contribution is -2.56. The third-order valence-electron chi connectivity index (χ3n) is 4.20. The molecule has 0 bridgehead atoms. The molecule has 0 aliphatic carbocycles. The Labute approximate surface area is 138 Å². The quantitative estimate of drug-likeness (QED) is 0.847. The van der Waals surface area contributed by atoms with Crippen LogP contribution in [0.3, 0.4) is 0 Å². The summed E-state index contributed by atoms with van der Waals surface area (Å²) in [4.78, 5) is 15.0. The summed E-state index contributed by atoms with van der Waals surface area (Å²) in [5.74, 6) is 1.07. The number of rotatable bonds is 6. The van der Waals surface area contributed by atoms with Gasteiger partial charge in [-0.05, 0) is 26.7 Å². The number of hydrogen-bond donors (Lipinski definition) is 1. The van der Waals surface area contributed by atoms with Crippen molar-refractivity contribution in [3.8, 4) is 0 Å². The zero-order valence-electron chi connectivity index (χ0n) is 14.8. The Morgan fingerprint density at radius 1 is 1.39 bits per heavy atom. The summed E-state index contributed by atoms with van der Waals surface area (Å²) in [5.41, 5.74) is 0. The second-order valence-corrected chi connectivity index (χ2v) is 6.65. The van der Waals surface area contributed by atoms with E-state index in [-0.39, 0.29) is 30.1 Å². The predicted molar refractivity (Wildman–Crippen MR) is 87.8 cm³/mol. The molecule has 0 spiro atoms. The molecule has 1 aliphatic heterocycles. The van der Waals surface area contributed by atoms with Crippen LogP contribution in [0, 0.1) is 5.92 Å². The minimum Gasteiger partial charge on any atom is -0.373 e. The van der Waals surface area contributed by atoms with Gasteiger partial charge in [-0.3, -0.25) is 9.69 Å². The Bertz CT molecular complexity index is 506. The lowest BCUT2D eigenvalue weighted by Gasteiger charge is -2.41. The number of aryl methyl sites for hydroxylation is 1. The smallest absolute Gasteiger partial charge is 0.238 e.